The number of alkyl halides is 6. The average molecular weight is 595 g/mol. The number of benzene rings is 2. The van der Waals surface area contributed by atoms with Crippen LogP contribution in [0.15, 0.2) is 47.4 Å². The van der Waals surface area contributed by atoms with Crippen molar-refractivity contribution in [1.29, 1.82) is 5.26 Å². The van der Waals surface area contributed by atoms with Gasteiger partial charge < -0.3 is 10.8 Å². The number of sulfonamides is 1. The molecule has 0 saturated heterocycles. The van der Waals surface area contributed by atoms with Crippen molar-refractivity contribution < 1.29 is 53.8 Å². The lowest BCUT2D eigenvalue weighted by Crippen LogP contribution is -2.54. The van der Waals surface area contributed by atoms with E-state index in [1.165, 1.54) is 6.07 Å². The molecule has 1 heterocycles. The van der Waals surface area contributed by atoms with Gasteiger partial charge in [0.05, 0.1) is 22.7 Å². The van der Waals surface area contributed by atoms with E-state index in [1.807, 2.05) is 0 Å². The summed E-state index contributed by atoms with van der Waals surface area (Å²) in [5.74, 6) is -4.19. The van der Waals surface area contributed by atoms with Crippen molar-refractivity contribution in [1.82, 2.24) is 0 Å². The Bertz CT molecular complexity index is 1440. The molecule has 3 rings (SSSR count). The number of aliphatic hydroxyl groups is 1. The Morgan fingerprint density at radius 1 is 1.07 bits per heavy atom. The van der Waals surface area contributed by atoms with E-state index in [-0.39, 0.29) is 30.2 Å². The Balaban J connectivity index is 2.14. The largest absolute Gasteiger partial charge is 0.430 e. The molecule has 3 N–H and O–H groups in total. The quantitative estimate of drug-likeness (QED) is 0.447. The van der Waals surface area contributed by atoms with Crippen LogP contribution in [0.25, 0.3) is 0 Å². The molecule has 2 aromatic carbocycles. The normalized spacial score (nSPS) is 17.1. The lowest BCUT2D eigenvalue weighted by molar-refractivity contribution is -0.376. The fraction of sp³-hybridized carbons (Fsp3) is 0.375. The van der Waals surface area contributed by atoms with Gasteiger partial charge in [-0.15, -0.1) is 0 Å². The third-order valence-corrected chi connectivity index (χ3v) is 8.28. The summed E-state index contributed by atoms with van der Waals surface area (Å²) < 4.78 is 122. The molecule has 216 valence electrons. The number of Topliss-reactive ketones (excluding diaryl/α,β-unsaturated/α-hetero) is 1. The molecule has 0 saturated carbocycles. The third kappa shape index (κ3) is 5.61. The van der Waals surface area contributed by atoms with Crippen molar-refractivity contribution in [3.8, 4) is 6.07 Å². The number of aryl methyl sites for hydroxylation is 1. The van der Waals surface area contributed by atoms with Gasteiger partial charge in [-0.25, -0.2) is 12.8 Å². The van der Waals surface area contributed by atoms with Gasteiger partial charge >= 0.3 is 12.4 Å². The van der Waals surface area contributed by atoms with Gasteiger partial charge in [0.25, 0.3) is 15.6 Å². The summed E-state index contributed by atoms with van der Waals surface area (Å²) in [6.45, 7) is 0. The van der Waals surface area contributed by atoms with Crippen LogP contribution in [-0.4, -0.2) is 43.6 Å². The zero-order chi connectivity index (χ0) is 30.3. The first-order valence-corrected chi connectivity index (χ1v) is 12.8. The molecule has 8 nitrogen and oxygen atoms in total. The maximum Gasteiger partial charge on any atom is 0.430 e. The maximum absolute atomic E-state index is 13.6. The number of carbonyl (C=O) groups excluding carboxylic acids is 2. The highest BCUT2D eigenvalue weighted by molar-refractivity contribution is 7.92. The van der Waals surface area contributed by atoms with Gasteiger partial charge in [-0.2, -0.15) is 31.6 Å². The number of carbonyl (C=O) groups is 2. The van der Waals surface area contributed by atoms with E-state index in [4.69, 9.17) is 11.0 Å². The summed E-state index contributed by atoms with van der Waals surface area (Å²) in [6, 6.07) is 4.94. The van der Waals surface area contributed by atoms with Crippen LogP contribution in [0.1, 0.15) is 30.4 Å². The van der Waals surface area contributed by atoms with Gasteiger partial charge in [-0.1, -0.05) is 12.1 Å². The number of rotatable bonds is 8. The van der Waals surface area contributed by atoms with E-state index in [0.717, 1.165) is 24.3 Å². The molecular weight excluding hydrogens is 575 g/mol. The van der Waals surface area contributed by atoms with Crippen molar-refractivity contribution >= 4 is 27.4 Å². The zero-order valence-corrected chi connectivity index (χ0v) is 20.9. The topological polar surface area (TPSA) is 142 Å². The first kappa shape index (κ1) is 30.8. The van der Waals surface area contributed by atoms with Gasteiger partial charge in [0.2, 0.25) is 5.91 Å². The summed E-state index contributed by atoms with van der Waals surface area (Å²) in [6.07, 6.45) is -14.2. The number of fused-ring (bicyclic) bond motifs is 1. The summed E-state index contributed by atoms with van der Waals surface area (Å²) in [5, 5.41) is 18.8. The predicted octanol–water partition coefficient (Wildman–Crippen LogP) is 3.62. The third-order valence-electron chi connectivity index (χ3n) is 6.40. The van der Waals surface area contributed by atoms with E-state index >= 15 is 0 Å². The molecule has 2 atom stereocenters. The molecule has 0 radical (unpaired) electrons. The number of ketones is 1. The number of hydrogen-bond acceptors (Lipinski definition) is 6. The Morgan fingerprint density at radius 2 is 1.65 bits per heavy atom. The smallest absolute Gasteiger partial charge is 0.369 e. The minimum atomic E-state index is -6.18. The summed E-state index contributed by atoms with van der Waals surface area (Å²) in [5.41, 5.74) is -2.50. The van der Waals surface area contributed by atoms with E-state index < -0.39 is 80.7 Å². The number of primary amides is 1. The second-order valence-electron chi connectivity index (χ2n) is 9.03. The molecule has 0 spiro atoms. The van der Waals surface area contributed by atoms with Crippen LogP contribution >= 0.6 is 0 Å². The predicted molar refractivity (Wildman–Crippen MR) is 123 cm³/mol. The van der Waals surface area contributed by atoms with Gasteiger partial charge in [0, 0.05) is 18.4 Å². The first-order valence-electron chi connectivity index (χ1n) is 11.3. The molecule has 2 aromatic rings. The Labute approximate surface area is 222 Å². The average Bonchev–Trinajstić information content (AvgIpc) is 2.84. The molecule has 1 amide bonds. The Hall–Kier alpha value is -3.71. The van der Waals surface area contributed by atoms with Gasteiger partial charge in [0.1, 0.15) is 17.5 Å². The standard InChI is InChI=1S/C24H20F7N3O5S/c25-16-3-6-19(7-4-16)40(38,39)34-17(11-18(35)10-14(12-32)21(33)36)5-1-13-9-15(2-8-20(13)34)22(37,23(26,27)28)24(29,30)31/h2-4,6-9,14,17,37H,1,5,10-11H2,(H2,33,36)/t14?,17-/m0/s1. The molecule has 40 heavy (non-hydrogen) atoms. The zero-order valence-electron chi connectivity index (χ0n) is 20.1. The molecule has 16 heteroatoms. The number of nitriles is 1. The van der Waals surface area contributed by atoms with Crippen LogP contribution in [0.4, 0.5) is 36.4 Å². The minimum absolute atomic E-state index is 0.274. The highest BCUT2D eigenvalue weighted by atomic mass is 32.2. The number of nitrogens with zero attached hydrogens (tertiary/aromatic N) is 2. The molecule has 1 aliphatic rings. The van der Waals surface area contributed by atoms with Gasteiger partial charge in [-0.3, -0.25) is 13.9 Å². The maximum atomic E-state index is 13.6. The van der Waals surface area contributed by atoms with Gasteiger partial charge in [0.15, 0.2) is 0 Å². The van der Waals surface area contributed by atoms with E-state index in [0.29, 0.717) is 16.4 Å². The molecule has 1 aliphatic heterocycles. The van der Waals surface area contributed by atoms with Crippen LogP contribution in [0, 0.1) is 23.1 Å². The second-order valence-corrected chi connectivity index (χ2v) is 10.8. The van der Waals surface area contributed by atoms with Crippen molar-refractivity contribution in [3.05, 3.63) is 59.4 Å². The van der Waals surface area contributed by atoms with E-state index in [1.54, 1.807) is 0 Å². The van der Waals surface area contributed by atoms with Crippen molar-refractivity contribution in [2.45, 2.75) is 54.6 Å². The molecule has 0 fully saturated rings. The first-order chi connectivity index (χ1) is 18.3. The number of halogens is 7. The lowest BCUT2D eigenvalue weighted by atomic mass is 9.87. The Morgan fingerprint density at radius 3 is 2.15 bits per heavy atom. The van der Waals surface area contributed by atoms with Crippen LogP contribution in [0.5, 0.6) is 0 Å². The summed E-state index contributed by atoms with van der Waals surface area (Å²) >= 11 is 0. The molecule has 0 aliphatic carbocycles. The highest BCUT2D eigenvalue weighted by Crippen LogP contribution is 2.51. The lowest BCUT2D eigenvalue weighted by Gasteiger charge is -2.39. The fourth-order valence-corrected chi connectivity index (χ4v) is 6.08. The second kappa shape index (κ2) is 10.7. The van der Waals surface area contributed by atoms with Crippen LogP contribution < -0.4 is 10.0 Å². The monoisotopic (exact) mass is 595 g/mol. The minimum Gasteiger partial charge on any atom is -0.369 e. The van der Waals surface area contributed by atoms with Crippen LogP contribution in [0.3, 0.4) is 0 Å². The highest BCUT2D eigenvalue weighted by Gasteiger charge is 2.71. The van der Waals surface area contributed by atoms with Crippen LogP contribution in [0.2, 0.25) is 0 Å². The fourth-order valence-electron chi connectivity index (χ4n) is 4.36. The molecule has 0 aromatic heterocycles. The van der Waals surface area contributed by atoms with E-state index in [9.17, 15) is 53.8 Å². The van der Waals surface area contributed by atoms with Gasteiger partial charge in [-0.05, 0) is 48.7 Å². The Kier molecular flexibility index (Phi) is 8.24. The van der Waals surface area contributed by atoms with Crippen LogP contribution in [-0.2, 0) is 31.6 Å². The van der Waals surface area contributed by atoms with E-state index in [2.05, 4.69) is 0 Å². The van der Waals surface area contributed by atoms with Crippen molar-refractivity contribution in [2.24, 2.45) is 11.7 Å². The molecule has 0 bridgehead atoms. The SMILES string of the molecule is N#CC(CC(=O)C[C@@H]1CCc2cc(C(O)(C(F)(F)F)C(F)(F)F)ccc2N1S(=O)(=O)c1ccc(F)cc1)C(N)=O. The number of nitrogens with two attached hydrogens (primary N) is 1. The number of hydrogen-bond donors (Lipinski definition) is 2. The number of anilines is 1. The summed E-state index contributed by atoms with van der Waals surface area (Å²) in [4.78, 5) is 23.5. The van der Waals surface area contributed by atoms with Crippen molar-refractivity contribution in [2.75, 3.05) is 4.31 Å². The number of amides is 1. The summed E-state index contributed by atoms with van der Waals surface area (Å²) in [7, 11) is -4.69. The van der Waals surface area contributed by atoms with Crippen molar-refractivity contribution in [3.63, 3.8) is 0 Å². The molecule has 1 unspecified atom stereocenters. The molecular formula is C24H20F7N3O5S.